The molecule has 0 bridgehead atoms. The van der Waals surface area contributed by atoms with Crippen molar-refractivity contribution in [3.8, 4) is 0 Å². The van der Waals surface area contributed by atoms with Crippen molar-refractivity contribution >= 4 is 58.5 Å². The molecular formula is C15H18Cl2N6O. The van der Waals surface area contributed by atoms with E-state index >= 15 is 0 Å². The van der Waals surface area contributed by atoms with Gasteiger partial charge < -0.3 is 21.4 Å². The van der Waals surface area contributed by atoms with Gasteiger partial charge in [-0.05, 0) is 24.6 Å². The molecule has 1 aliphatic heterocycles. The number of H-pyrrole nitrogens is 1. The number of aromatic nitrogens is 3. The van der Waals surface area contributed by atoms with E-state index in [1.54, 1.807) is 18.5 Å². The third-order valence-corrected chi connectivity index (χ3v) is 4.18. The summed E-state index contributed by atoms with van der Waals surface area (Å²) in [7, 11) is 0. The number of nitrogens with zero attached hydrogens (tertiary/aromatic N) is 3. The molecule has 3 heterocycles. The molecule has 1 saturated heterocycles. The number of halogens is 2. The predicted molar refractivity (Wildman–Crippen MR) is 99.2 cm³/mol. The SMILES string of the molecule is Cl.Cl.NC(=O)c1ccc2[nH]c3ncnc(N4CCC(N)C4)c3c2c1. The van der Waals surface area contributed by atoms with Gasteiger partial charge in [-0.1, -0.05) is 0 Å². The number of amides is 1. The second kappa shape index (κ2) is 6.80. The molecular weight excluding hydrogens is 351 g/mol. The lowest BCUT2D eigenvalue weighted by Gasteiger charge is -2.17. The van der Waals surface area contributed by atoms with Crippen molar-refractivity contribution in [2.75, 3.05) is 18.0 Å². The first-order valence-electron chi connectivity index (χ1n) is 7.20. The van der Waals surface area contributed by atoms with Crippen LogP contribution in [-0.4, -0.2) is 40.0 Å². The molecule has 128 valence electrons. The molecule has 0 spiro atoms. The number of nitrogens with one attached hydrogen (secondary N) is 1. The number of fused-ring (bicyclic) bond motifs is 3. The van der Waals surface area contributed by atoms with Crippen LogP contribution in [0.5, 0.6) is 0 Å². The number of benzene rings is 1. The molecule has 1 unspecified atom stereocenters. The van der Waals surface area contributed by atoms with Crippen molar-refractivity contribution in [3.05, 3.63) is 30.1 Å². The van der Waals surface area contributed by atoms with Gasteiger partial charge in [-0.2, -0.15) is 0 Å². The number of carbonyl (C=O) groups excluding carboxylic acids is 1. The van der Waals surface area contributed by atoms with Crippen LogP contribution in [0.3, 0.4) is 0 Å². The Balaban J connectivity index is 0.00000104. The largest absolute Gasteiger partial charge is 0.366 e. The fourth-order valence-electron chi connectivity index (χ4n) is 3.08. The lowest BCUT2D eigenvalue weighted by atomic mass is 10.1. The van der Waals surface area contributed by atoms with Gasteiger partial charge in [0.05, 0.1) is 5.39 Å². The van der Waals surface area contributed by atoms with E-state index in [4.69, 9.17) is 11.5 Å². The van der Waals surface area contributed by atoms with Crippen LogP contribution in [-0.2, 0) is 0 Å². The topological polar surface area (TPSA) is 114 Å². The van der Waals surface area contributed by atoms with Crippen LogP contribution in [0, 0.1) is 0 Å². The average Bonchev–Trinajstić information content (AvgIpc) is 3.09. The first-order chi connectivity index (χ1) is 10.6. The van der Waals surface area contributed by atoms with Crippen molar-refractivity contribution in [1.29, 1.82) is 0 Å². The van der Waals surface area contributed by atoms with Gasteiger partial charge in [0, 0.05) is 35.6 Å². The number of hydrogen-bond acceptors (Lipinski definition) is 5. The first-order valence-corrected chi connectivity index (χ1v) is 7.20. The van der Waals surface area contributed by atoms with Crippen LogP contribution >= 0.6 is 24.8 Å². The van der Waals surface area contributed by atoms with Crippen molar-refractivity contribution < 1.29 is 4.79 Å². The Bertz CT molecular complexity index is 896. The summed E-state index contributed by atoms with van der Waals surface area (Å²) in [6.45, 7) is 1.64. The highest BCUT2D eigenvalue weighted by atomic mass is 35.5. The molecule has 1 aliphatic rings. The lowest BCUT2D eigenvalue weighted by molar-refractivity contribution is 0.100. The zero-order valence-corrected chi connectivity index (χ0v) is 14.4. The molecule has 7 nitrogen and oxygen atoms in total. The third kappa shape index (κ3) is 2.86. The number of carbonyl (C=O) groups is 1. The fraction of sp³-hybridized carbons (Fsp3) is 0.267. The highest BCUT2D eigenvalue weighted by Gasteiger charge is 2.23. The summed E-state index contributed by atoms with van der Waals surface area (Å²) in [5.74, 6) is 0.406. The highest BCUT2D eigenvalue weighted by molar-refractivity contribution is 6.13. The second-order valence-corrected chi connectivity index (χ2v) is 5.67. The van der Waals surface area contributed by atoms with E-state index in [-0.39, 0.29) is 30.9 Å². The van der Waals surface area contributed by atoms with Crippen LogP contribution in [0.4, 0.5) is 5.82 Å². The minimum Gasteiger partial charge on any atom is -0.366 e. The molecule has 0 radical (unpaired) electrons. The number of aromatic amines is 1. The smallest absolute Gasteiger partial charge is 0.248 e. The quantitative estimate of drug-likeness (QED) is 0.635. The van der Waals surface area contributed by atoms with Crippen LogP contribution in [0.15, 0.2) is 24.5 Å². The van der Waals surface area contributed by atoms with Gasteiger partial charge in [0.15, 0.2) is 0 Å². The van der Waals surface area contributed by atoms with Gasteiger partial charge in [0.25, 0.3) is 0 Å². The molecule has 1 atom stereocenters. The summed E-state index contributed by atoms with van der Waals surface area (Å²) in [5.41, 5.74) is 13.5. The molecule has 1 fully saturated rings. The van der Waals surface area contributed by atoms with Gasteiger partial charge in [-0.15, -0.1) is 24.8 Å². The molecule has 0 saturated carbocycles. The Morgan fingerprint density at radius 3 is 2.75 bits per heavy atom. The molecule has 1 amide bonds. The van der Waals surface area contributed by atoms with Crippen LogP contribution in [0.25, 0.3) is 21.9 Å². The Morgan fingerprint density at radius 2 is 2.08 bits per heavy atom. The van der Waals surface area contributed by atoms with Gasteiger partial charge in [-0.3, -0.25) is 4.79 Å². The van der Waals surface area contributed by atoms with E-state index in [9.17, 15) is 4.79 Å². The maximum absolute atomic E-state index is 11.4. The van der Waals surface area contributed by atoms with Crippen LogP contribution in [0.1, 0.15) is 16.8 Å². The van der Waals surface area contributed by atoms with Crippen molar-refractivity contribution in [3.63, 3.8) is 0 Å². The van der Waals surface area contributed by atoms with Gasteiger partial charge in [-0.25, -0.2) is 9.97 Å². The predicted octanol–water partition coefficient (Wildman–Crippen LogP) is 1.59. The van der Waals surface area contributed by atoms with Crippen LogP contribution in [0.2, 0.25) is 0 Å². The number of anilines is 1. The van der Waals surface area contributed by atoms with Gasteiger partial charge in [0.2, 0.25) is 5.91 Å². The third-order valence-electron chi connectivity index (χ3n) is 4.18. The van der Waals surface area contributed by atoms with E-state index in [0.29, 0.717) is 5.56 Å². The number of nitrogens with two attached hydrogens (primary N) is 2. The number of primary amides is 1. The summed E-state index contributed by atoms with van der Waals surface area (Å²) in [4.78, 5) is 25.6. The van der Waals surface area contributed by atoms with E-state index in [1.165, 1.54) is 0 Å². The van der Waals surface area contributed by atoms with Crippen molar-refractivity contribution in [2.45, 2.75) is 12.5 Å². The monoisotopic (exact) mass is 368 g/mol. The molecule has 24 heavy (non-hydrogen) atoms. The van der Waals surface area contributed by atoms with E-state index in [2.05, 4.69) is 19.9 Å². The Labute approximate surface area is 150 Å². The van der Waals surface area contributed by atoms with Gasteiger partial charge in [0.1, 0.15) is 17.8 Å². The lowest BCUT2D eigenvalue weighted by Crippen LogP contribution is -2.27. The summed E-state index contributed by atoms with van der Waals surface area (Å²) in [6.07, 6.45) is 2.49. The molecule has 4 rings (SSSR count). The summed E-state index contributed by atoms with van der Waals surface area (Å²) >= 11 is 0. The molecule has 9 heteroatoms. The number of hydrogen-bond donors (Lipinski definition) is 3. The summed E-state index contributed by atoms with van der Waals surface area (Å²) in [6, 6.07) is 5.51. The first kappa shape index (κ1) is 18.3. The van der Waals surface area contributed by atoms with Crippen molar-refractivity contribution in [2.24, 2.45) is 11.5 Å². The zero-order chi connectivity index (χ0) is 15.3. The maximum Gasteiger partial charge on any atom is 0.248 e. The minimum absolute atomic E-state index is 0. The Morgan fingerprint density at radius 1 is 1.29 bits per heavy atom. The Hall–Kier alpha value is -2.09. The van der Waals surface area contributed by atoms with E-state index < -0.39 is 5.91 Å². The zero-order valence-electron chi connectivity index (χ0n) is 12.7. The van der Waals surface area contributed by atoms with Crippen molar-refractivity contribution in [1.82, 2.24) is 15.0 Å². The maximum atomic E-state index is 11.4. The average molecular weight is 369 g/mol. The van der Waals surface area contributed by atoms with Gasteiger partial charge >= 0.3 is 0 Å². The normalized spacial score (nSPS) is 16.9. The number of rotatable bonds is 2. The minimum atomic E-state index is -0.446. The van der Waals surface area contributed by atoms with E-state index in [1.807, 2.05) is 6.07 Å². The standard InChI is InChI=1S/C15H16N6O.2ClH/c16-9-3-4-21(6-9)15-12-10-5-8(13(17)22)1-2-11(10)20-14(12)18-7-19-15;;/h1-2,5,7,9H,3-4,6,16H2,(H2,17,22)(H,18,19,20);2*1H. The summed E-state index contributed by atoms with van der Waals surface area (Å²) in [5, 5.41) is 1.82. The van der Waals surface area contributed by atoms with Crippen LogP contribution < -0.4 is 16.4 Å². The van der Waals surface area contributed by atoms with E-state index in [0.717, 1.165) is 47.3 Å². The molecule has 0 aliphatic carbocycles. The summed E-state index contributed by atoms with van der Waals surface area (Å²) < 4.78 is 0. The fourth-order valence-corrected chi connectivity index (χ4v) is 3.08. The molecule has 5 N–H and O–H groups in total. The molecule has 2 aromatic heterocycles. The second-order valence-electron chi connectivity index (χ2n) is 5.67. The molecule has 3 aromatic rings. The Kier molecular flexibility index (Phi) is 5.17. The highest BCUT2D eigenvalue weighted by Crippen LogP contribution is 2.32. The molecule has 1 aromatic carbocycles.